The van der Waals surface area contributed by atoms with Crippen LogP contribution in [0.15, 0.2) is 48.7 Å². The lowest BCUT2D eigenvalue weighted by atomic mass is 9.99. The number of anilines is 3. The number of methoxy groups -OCH3 is 1. The zero-order chi connectivity index (χ0) is 23.7. The standard InChI is InChI=1S/C25H30N6O3/c1-29(2)18-5-4-6-19(11-18)31-16-20(34-25(31)32)13-26-12-17-14-30(15-17)22-9-10-27-21-7-8-23(33-3)28-24(21)22/h4-11,17,20,26H,12-16H2,1-3H3/t20-/m1/s1. The third kappa shape index (κ3) is 4.43. The van der Waals surface area contributed by atoms with E-state index in [-0.39, 0.29) is 12.2 Å². The van der Waals surface area contributed by atoms with Crippen LogP contribution in [0.25, 0.3) is 11.0 Å². The molecule has 1 aromatic carbocycles. The highest BCUT2D eigenvalue weighted by molar-refractivity contribution is 5.90. The number of hydrogen-bond acceptors (Lipinski definition) is 8. The minimum absolute atomic E-state index is 0.160. The molecule has 0 radical (unpaired) electrons. The van der Waals surface area contributed by atoms with Crippen LogP contribution >= 0.6 is 0 Å². The number of nitrogens with one attached hydrogen (secondary N) is 1. The number of benzene rings is 1. The zero-order valence-corrected chi connectivity index (χ0v) is 19.8. The SMILES string of the molecule is COc1ccc2nccc(N3CC(CNC[C@@H]4CN(c5cccc(N(C)C)c5)C(=O)O4)C3)c2n1. The number of nitrogens with zero attached hydrogens (tertiary/aromatic N) is 5. The average Bonchev–Trinajstić information content (AvgIpc) is 3.20. The Balaban J connectivity index is 1.11. The van der Waals surface area contributed by atoms with Crippen LogP contribution in [0.4, 0.5) is 21.9 Å². The van der Waals surface area contributed by atoms with Gasteiger partial charge in [0, 0.05) is 69.8 Å². The molecular formula is C25H30N6O3. The maximum absolute atomic E-state index is 12.4. The molecule has 2 aliphatic rings. The van der Waals surface area contributed by atoms with Gasteiger partial charge in [0.05, 0.1) is 24.9 Å². The predicted molar refractivity (Wildman–Crippen MR) is 133 cm³/mol. The van der Waals surface area contributed by atoms with Crippen LogP contribution in [0.3, 0.4) is 0 Å². The first kappa shape index (κ1) is 22.2. The minimum Gasteiger partial charge on any atom is -0.481 e. The first-order chi connectivity index (χ1) is 16.5. The van der Waals surface area contributed by atoms with Crippen molar-refractivity contribution in [3.8, 4) is 5.88 Å². The summed E-state index contributed by atoms with van der Waals surface area (Å²) in [7, 11) is 5.59. The summed E-state index contributed by atoms with van der Waals surface area (Å²) in [5, 5.41) is 3.49. The molecule has 4 heterocycles. The highest BCUT2D eigenvalue weighted by Gasteiger charge is 2.33. The van der Waals surface area contributed by atoms with Crippen molar-refractivity contribution >= 4 is 34.2 Å². The summed E-state index contributed by atoms with van der Waals surface area (Å²) >= 11 is 0. The van der Waals surface area contributed by atoms with Gasteiger partial charge in [0.25, 0.3) is 0 Å². The molecule has 34 heavy (non-hydrogen) atoms. The van der Waals surface area contributed by atoms with Crippen molar-refractivity contribution in [1.29, 1.82) is 0 Å². The fraction of sp³-hybridized carbons (Fsp3) is 0.400. The lowest BCUT2D eigenvalue weighted by molar-refractivity contribution is 0.139. The van der Waals surface area contributed by atoms with E-state index in [1.54, 1.807) is 12.0 Å². The van der Waals surface area contributed by atoms with E-state index in [0.717, 1.165) is 47.7 Å². The Labute approximate surface area is 199 Å². The molecule has 0 spiro atoms. The van der Waals surface area contributed by atoms with Crippen LogP contribution in [0, 0.1) is 5.92 Å². The molecule has 0 saturated carbocycles. The van der Waals surface area contributed by atoms with E-state index < -0.39 is 0 Å². The molecule has 9 heteroatoms. The number of fused-ring (bicyclic) bond motifs is 1. The summed E-state index contributed by atoms with van der Waals surface area (Å²) in [6.45, 7) is 3.96. The molecule has 0 bridgehead atoms. The van der Waals surface area contributed by atoms with Gasteiger partial charge in [-0.05, 0) is 30.3 Å². The average molecular weight is 463 g/mol. The van der Waals surface area contributed by atoms with Gasteiger partial charge < -0.3 is 24.6 Å². The van der Waals surface area contributed by atoms with Crippen molar-refractivity contribution in [3.63, 3.8) is 0 Å². The van der Waals surface area contributed by atoms with E-state index in [4.69, 9.17) is 9.47 Å². The molecule has 178 valence electrons. The molecule has 9 nitrogen and oxygen atoms in total. The third-order valence-corrected chi connectivity index (χ3v) is 6.38. The van der Waals surface area contributed by atoms with Crippen LogP contribution in [0.5, 0.6) is 5.88 Å². The Bertz CT molecular complexity index is 1180. The second-order valence-corrected chi connectivity index (χ2v) is 9.01. The van der Waals surface area contributed by atoms with Gasteiger partial charge in [0.1, 0.15) is 11.6 Å². The smallest absolute Gasteiger partial charge is 0.414 e. The summed E-state index contributed by atoms with van der Waals surface area (Å²) in [5.74, 6) is 1.12. The molecule has 3 aromatic rings. The van der Waals surface area contributed by atoms with Gasteiger partial charge in [0.15, 0.2) is 0 Å². The maximum Gasteiger partial charge on any atom is 0.414 e. The Morgan fingerprint density at radius 1 is 1.15 bits per heavy atom. The van der Waals surface area contributed by atoms with E-state index in [1.165, 1.54) is 0 Å². The number of carbonyl (C=O) groups excluding carboxylic acids is 1. The van der Waals surface area contributed by atoms with Crippen LogP contribution in [0.2, 0.25) is 0 Å². The molecule has 2 aliphatic heterocycles. The van der Waals surface area contributed by atoms with Gasteiger partial charge >= 0.3 is 6.09 Å². The first-order valence-electron chi connectivity index (χ1n) is 11.5. The Morgan fingerprint density at radius 2 is 2.00 bits per heavy atom. The maximum atomic E-state index is 12.4. The van der Waals surface area contributed by atoms with E-state index in [9.17, 15) is 4.79 Å². The Kier molecular flexibility index (Phi) is 6.10. The van der Waals surface area contributed by atoms with Crippen LogP contribution in [0.1, 0.15) is 0 Å². The number of amides is 1. The number of hydrogen-bond donors (Lipinski definition) is 1. The molecule has 2 fully saturated rings. The van der Waals surface area contributed by atoms with Gasteiger partial charge in [-0.2, -0.15) is 0 Å². The quantitative estimate of drug-likeness (QED) is 0.547. The van der Waals surface area contributed by atoms with Crippen LogP contribution in [-0.2, 0) is 4.74 Å². The van der Waals surface area contributed by atoms with E-state index >= 15 is 0 Å². The van der Waals surface area contributed by atoms with Crippen molar-refractivity contribution in [2.75, 3.05) is 68.6 Å². The van der Waals surface area contributed by atoms with E-state index in [1.807, 2.05) is 67.7 Å². The second kappa shape index (κ2) is 9.34. The van der Waals surface area contributed by atoms with Crippen LogP contribution < -0.4 is 24.8 Å². The highest BCUT2D eigenvalue weighted by atomic mass is 16.6. The number of cyclic esters (lactones) is 1. The van der Waals surface area contributed by atoms with Crippen molar-refractivity contribution in [1.82, 2.24) is 15.3 Å². The van der Waals surface area contributed by atoms with Gasteiger partial charge in [-0.1, -0.05) is 6.07 Å². The zero-order valence-electron chi connectivity index (χ0n) is 19.8. The molecule has 0 aliphatic carbocycles. The summed E-state index contributed by atoms with van der Waals surface area (Å²) in [4.78, 5) is 27.5. The third-order valence-electron chi connectivity index (χ3n) is 6.38. The monoisotopic (exact) mass is 462 g/mol. The summed E-state index contributed by atoms with van der Waals surface area (Å²) in [6, 6.07) is 13.7. The van der Waals surface area contributed by atoms with Gasteiger partial charge in [0.2, 0.25) is 5.88 Å². The number of rotatable bonds is 8. The molecule has 1 atom stereocenters. The molecule has 0 unspecified atom stereocenters. The van der Waals surface area contributed by atoms with Crippen molar-refractivity contribution in [2.24, 2.45) is 5.92 Å². The van der Waals surface area contributed by atoms with Crippen molar-refractivity contribution in [3.05, 3.63) is 48.7 Å². The van der Waals surface area contributed by atoms with Gasteiger partial charge in [-0.15, -0.1) is 0 Å². The Morgan fingerprint density at radius 3 is 2.79 bits per heavy atom. The molecular weight excluding hydrogens is 432 g/mol. The molecule has 1 N–H and O–H groups in total. The van der Waals surface area contributed by atoms with Crippen LogP contribution in [-0.4, -0.2) is 76.1 Å². The Hall–Kier alpha value is -3.59. The highest BCUT2D eigenvalue weighted by Crippen LogP contribution is 2.31. The topological polar surface area (TPSA) is 83.1 Å². The molecule has 2 aromatic heterocycles. The summed E-state index contributed by atoms with van der Waals surface area (Å²) in [5.41, 5.74) is 4.73. The molecule has 2 saturated heterocycles. The first-order valence-corrected chi connectivity index (χ1v) is 11.5. The lowest BCUT2D eigenvalue weighted by Gasteiger charge is -2.41. The summed E-state index contributed by atoms with van der Waals surface area (Å²) in [6.07, 6.45) is 1.38. The number of carbonyl (C=O) groups is 1. The van der Waals surface area contributed by atoms with E-state index in [0.29, 0.717) is 24.9 Å². The fourth-order valence-corrected chi connectivity index (χ4v) is 4.48. The van der Waals surface area contributed by atoms with Crippen molar-refractivity contribution < 1.29 is 14.3 Å². The molecule has 5 rings (SSSR count). The minimum atomic E-state index is -0.287. The fourth-order valence-electron chi connectivity index (χ4n) is 4.48. The summed E-state index contributed by atoms with van der Waals surface area (Å²) < 4.78 is 10.9. The number of ether oxygens (including phenoxy) is 2. The molecule has 1 amide bonds. The second-order valence-electron chi connectivity index (χ2n) is 9.01. The normalized spacial score (nSPS) is 18.2. The van der Waals surface area contributed by atoms with Gasteiger partial charge in [-0.25, -0.2) is 9.78 Å². The predicted octanol–water partition coefficient (Wildman–Crippen LogP) is 2.76. The van der Waals surface area contributed by atoms with Gasteiger partial charge in [-0.3, -0.25) is 9.88 Å². The van der Waals surface area contributed by atoms with E-state index in [2.05, 4.69) is 20.2 Å². The lowest BCUT2D eigenvalue weighted by Crippen LogP contribution is -2.51. The van der Waals surface area contributed by atoms with Crippen molar-refractivity contribution in [2.45, 2.75) is 6.10 Å². The number of aromatic nitrogens is 2. The number of pyridine rings is 2. The largest absolute Gasteiger partial charge is 0.481 e.